The Morgan fingerprint density at radius 3 is 1.81 bits per heavy atom. The SMILES string of the molecule is Cc1ccc2ncc(=O)n(CCN3CCC(N)CC3)c2c1.Cc1ccc2ncc(=O)n(CCN3CCC(NCc4cc5ccccc5s4)CC3)c2c1. The molecule has 0 aliphatic carbocycles. The van der Waals surface area contributed by atoms with Crippen LogP contribution in [0.4, 0.5) is 0 Å². The summed E-state index contributed by atoms with van der Waals surface area (Å²) < 4.78 is 5.08. The van der Waals surface area contributed by atoms with E-state index in [2.05, 4.69) is 68.4 Å². The van der Waals surface area contributed by atoms with Crippen LogP contribution in [0.2, 0.25) is 0 Å². The van der Waals surface area contributed by atoms with Gasteiger partial charge in [0, 0.05) is 54.4 Å². The fourth-order valence-corrected chi connectivity index (χ4v) is 8.41. The zero-order chi connectivity index (χ0) is 36.0. The fraction of sp³-hybridized carbons (Fsp3) is 0.415. The van der Waals surface area contributed by atoms with Gasteiger partial charge in [-0.1, -0.05) is 30.3 Å². The van der Waals surface area contributed by atoms with E-state index in [4.69, 9.17) is 5.73 Å². The molecule has 0 bridgehead atoms. The molecule has 0 spiro atoms. The summed E-state index contributed by atoms with van der Waals surface area (Å²) in [4.78, 5) is 39.3. The van der Waals surface area contributed by atoms with Gasteiger partial charge in [-0.25, -0.2) is 9.97 Å². The van der Waals surface area contributed by atoms with Crippen molar-refractivity contribution in [3.8, 4) is 0 Å². The lowest BCUT2D eigenvalue weighted by Crippen LogP contribution is -2.43. The number of benzene rings is 3. The molecule has 3 N–H and O–H groups in total. The number of fused-ring (bicyclic) bond motifs is 3. The Balaban J connectivity index is 0.000000175. The van der Waals surface area contributed by atoms with E-state index < -0.39 is 0 Å². The van der Waals surface area contributed by atoms with Crippen LogP contribution in [0.15, 0.2) is 88.7 Å². The fourth-order valence-electron chi connectivity index (χ4n) is 7.39. The highest BCUT2D eigenvalue weighted by Crippen LogP contribution is 2.25. The van der Waals surface area contributed by atoms with Crippen molar-refractivity contribution in [1.82, 2.24) is 34.2 Å². The molecule has 5 heterocycles. The third kappa shape index (κ3) is 8.85. The highest BCUT2D eigenvalue weighted by Gasteiger charge is 2.20. The van der Waals surface area contributed by atoms with Gasteiger partial charge in [-0.05, 0) is 119 Å². The standard InChI is InChI=1S/C25H28N4OS.C16H22N4O/c1-18-6-7-22-23(14-18)29(25(30)17-27-22)13-12-28-10-8-20(9-11-28)26-16-21-15-19-4-2-3-5-24(19)31-21;1-12-2-3-14-15(10-12)20(16(21)11-18-14)9-8-19-6-4-13(17)5-7-19/h2-7,14-15,17,20,26H,8-13,16H2,1H3;2-3,10-11,13H,4-9,17H2,1H3. The summed E-state index contributed by atoms with van der Waals surface area (Å²) in [6, 6.07) is 23.9. The zero-order valence-electron chi connectivity index (χ0n) is 30.3. The van der Waals surface area contributed by atoms with Crippen LogP contribution in [0.5, 0.6) is 0 Å². The van der Waals surface area contributed by atoms with Gasteiger partial charge < -0.3 is 30.0 Å². The van der Waals surface area contributed by atoms with Gasteiger partial charge in [0.05, 0.1) is 34.5 Å². The summed E-state index contributed by atoms with van der Waals surface area (Å²) in [7, 11) is 0. The monoisotopic (exact) mass is 718 g/mol. The van der Waals surface area contributed by atoms with Crippen molar-refractivity contribution in [2.75, 3.05) is 39.3 Å². The van der Waals surface area contributed by atoms with E-state index in [1.807, 2.05) is 57.7 Å². The third-order valence-electron chi connectivity index (χ3n) is 10.5. The van der Waals surface area contributed by atoms with Crippen LogP contribution in [0.1, 0.15) is 41.7 Å². The molecule has 2 fully saturated rings. The molecule has 10 nitrogen and oxygen atoms in total. The summed E-state index contributed by atoms with van der Waals surface area (Å²) in [5, 5.41) is 5.09. The topological polar surface area (TPSA) is 114 Å². The highest BCUT2D eigenvalue weighted by atomic mass is 32.1. The minimum atomic E-state index is -0.0261. The first-order valence-corrected chi connectivity index (χ1v) is 19.4. The number of likely N-dealkylation sites (tertiary alicyclic amines) is 2. The Morgan fingerprint density at radius 1 is 0.712 bits per heavy atom. The maximum Gasteiger partial charge on any atom is 0.269 e. The molecule has 8 rings (SSSR count). The molecule has 0 unspecified atom stereocenters. The summed E-state index contributed by atoms with van der Waals surface area (Å²) >= 11 is 1.88. The number of aryl methyl sites for hydroxylation is 2. The number of nitrogens with zero attached hydrogens (tertiary/aromatic N) is 6. The van der Waals surface area contributed by atoms with E-state index >= 15 is 0 Å². The van der Waals surface area contributed by atoms with E-state index in [-0.39, 0.29) is 11.1 Å². The summed E-state index contributed by atoms with van der Waals surface area (Å²) in [5.74, 6) is 0. The van der Waals surface area contributed by atoms with Crippen molar-refractivity contribution in [2.45, 2.75) is 71.2 Å². The average Bonchev–Trinajstić information content (AvgIpc) is 3.58. The zero-order valence-corrected chi connectivity index (χ0v) is 31.2. The van der Waals surface area contributed by atoms with E-state index in [9.17, 15) is 9.59 Å². The second-order valence-corrected chi connectivity index (χ2v) is 15.6. The molecule has 0 amide bonds. The van der Waals surface area contributed by atoms with Gasteiger partial charge in [0.2, 0.25) is 0 Å². The quantitative estimate of drug-likeness (QED) is 0.207. The van der Waals surface area contributed by atoms with Crippen LogP contribution in [0.3, 0.4) is 0 Å². The van der Waals surface area contributed by atoms with Crippen molar-refractivity contribution in [2.24, 2.45) is 5.73 Å². The molecule has 11 heteroatoms. The van der Waals surface area contributed by atoms with Crippen molar-refractivity contribution in [1.29, 1.82) is 0 Å². The lowest BCUT2D eigenvalue weighted by Gasteiger charge is -2.32. The van der Waals surface area contributed by atoms with Crippen molar-refractivity contribution >= 4 is 43.5 Å². The van der Waals surface area contributed by atoms with Crippen LogP contribution in [-0.2, 0) is 19.6 Å². The normalized spacial score (nSPS) is 16.4. The average molecular weight is 719 g/mol. The van der Waals surface area contributed by atoms with Crippen LogP contribution >= 0.6 is 11.3 Å². The van der Waals surface area contributed by atoms with Gasteiger partial charge in [-0.2, -0.15) is 0 Å². The second kappa shape index (κ2) is 16.6. The molecule has 3 aromatic heterocycles. The molecule has 3 aromatic carbocycles. The Bertz CT molecular complexity index is 2210. The molecular formula is C41H50N8O2S. The van der Waals surface area contributed by atoms with Crippen LogP contribution in [-0.4, -0.2) is 80.3 Å². The number of thiophene rings is 1. The molecule has 2 aliphatic heterocycles. The molecule has 2 saturated heterocycles. The Morgan fingerprint density at radius 2 is 1.25 bits per heavy atom. The molecule has 2 aliphatic rings. The number of hydrogen-bond donors (Lipinski definition) is 2. The van der Waals surface area contributed by atoms with Crippen molar-refractivity contribution in [3.63, 3.8) is 0 Å². The van der Waals surface area contributed by atoms with Gasteiger partial charge in [-0.3, -0.25) is 9.59 Å². The summed E-state index contributed by atoms with van der Waals surface area (Å²) in [5.41, 5.74) is 11.8. The van der Waals surface area contributed by atoms with E-state index in [1.54, 1.807) is 0 Å². The molecule has 0 atom stereocenters. The first kappa shape index (κ1) is 36.1. The van der Waals surface area contributed by atoms with Crippen molar-refractivity contribution in [3.05, 3.63) is 116 Å². The number of nitrogens with two attached hydrogens (primary N) is 1. The minimum absolute atomic E-state index is 0.0158. The Hall–Kier alpha value is -4.26. The third-order valence-corrected chi connectivity index (χ3v) is 11.7. The smallest absolute Gasteiger partial charge is 0.269 e. The number of nitrogens with one attached hydrogen (secondary N) is 1. The largest absolute Gasteiger partial charge is 0.328 e. The van der Waals surface area contributed by atoms with E-state index in [1.165, 1.54) is 27.4 Å². The minimum Gasteiger partial charge on any atom is -0.328 e. The molecule has 0 radical (unpaired) electrons. The Labute approximate surface area is 308 Å². The van der Waals surface area contributed by atoms with E-state index in [0.29, 0.717) is 25.2 Å². The molecular weight excluding hydrogens is 669 g/mol. The lowest BCUT2D eigenvalue weighted by atomic mass is 10.1. The molecule has 52 heavy (non-hydrogen) atoms. The number of hydrogen-bond acceptors (Lipinski definition) is 9. The first-order valence-electron chi connectivity index (χ1n) is 18.6. The van der Waals surface area contributed by atoms with Crippen LogP contribution in [0, 0.1) is 13.8 Å². The van der Waals surface area contributed by atoms with Gasteiger partial charge in [0.15, 0.2) is 0 Å². The van der Waals surface area contributed by atoms with Crippen molar-refractivity contribution < 1.29 is 0 Å². The van der Waals surface area contributed by atoms with Gasteiger partial charge in [-0.15, -0.1) is 11.3 Å². The second-order valence-electron chi connectivity index (χ2n) is 14.4. The van der Waals surface area contributed by atoms with E-state index in [0.717, 1.165) is 105 Å². The Kier molecular flexibility index (Phi) is 11.5. The number of aromatic nitrogens is 4. The summed E-state index contributed by atoms with van der Waals surface area (Å²) in [6.07, 6.45) is 7.26. The van der Waals surface area contributed by atoms with Crippen LogP contribution in [0.25, 0.3) is 32.2 Å². The maximum atomic E-state index is 12.4. The predicted octanol–water partition coefficient (Wildman–Crippen LogP) is 5.30. The van der Waals surface area contributed by atoms with Crippen LogP contribution < -0.4 is 22.2 Å². The first-order chi connectivity index (χ1) is 25.3. The molecule has 272 valence electrons. The van der Waals surface area contributed by atoms with Gasteiger partial charge >= 0.3 is 0 Å². The number of rotatable bonds is 9. The predicted molar refractivity (Wildman–Crippen MR) is 213 cm³/mol. The van der Waals surface area contributed by atoms with Gasteiger partial charge in [0.25, 0.3) is 11.1 Å². The summed E-state index contributed by atoms with van der Waals surface area (Å²) in [6.45, 7) is 12.4. The highest BCUT2D eigenvalue weighted by molar-refractivity contribution is 7.19. The maximum absolute atomic E-state index is 12.4. The lowest BCUT2D eigenvalue weighted by molar-refractivity contribution is 0.191. The molecule has 6 aromatic rings. The number of piperidine rings is 2. The van der Waals surface area contributed by atoms with Gasteiger partial charge in [0.1, 0.15) is 0 Å². The molecule has 0 saturated carbocycles.